The van der Waals surface area contributed by atoms with Crippen molar-refractivity contribution in [3.63, 3.8) is 0 Å². The minimum atomic E-state index is -4.74. The Labute approximate surface area is 181 Å². The van der Waals surface area contributed by atoms with E-state index in [0.29, 0.717) is 4.68 Å². The third-order valence-corrected chi connectivity index (χ3v) is 5.73. The van der Waals surface area contributed by atoms with Crippen molar-refractivity contribution >= 4 is 50.1 Å². The summed E-state index contributed by atoms with van der Waals surface area (Å²) in [6.07, 6.45) is -4.74. The van der Waals surface area contributed by atoms with E-state index in [2.05, 4.69) is 26.3 Å². The summed E-state index contributed by atoms with van der Waals surface area (Å²) in [6, 6.07) is 0. The number of nitrogens with one attached hydrogen (secondary N) is 1. The molecule has 2 aromatic rings. The van der Waals surface area contributed by atoms with Crippen LogP contribution in [0.2, 0.25) is 0 Å². The van der Waals surface area contributed by atoms with Crippen molar-refractivity contribution in [3.8, 4) is 0 Å². The van der Waals surface area contributed by atoms with Gasteiger partial charge in [-0.15, -0.1) is 11.3 Å². The van der Waals surface area contributed by atoms with Gasteiger partial charge in [-0.25, -0.2) is 9.59 Å². The molecule has 0 unspecified atom stereocenters. The molecule has 0 saturated carbocycles. The summed E-state index contributed by atoms with van der Waals surface area (Å²) in [4.78, 5) is 37.2. The molecule has 164 valence electrons. The average molecular weight is 512 g/mol. The molecule has 8 nitrogen and oxygen atoms in total. The molecule has 0 atom stereocenters. The maximum absolute atomic E-state index is 13.2. The Morgan fingerprint density at radius 2 is 1.73 bits per heavy atom. The van der Waals surface area contributed by atoms with E-state index in [-0.39, 0.29) is 34.2 Å². The van der Waals surface area contributed by atoms with Gasteiger partial charge in [0, 0.05) is 7.05 Å². The van der Waals surface area contributed by atoms with Crippen molar-refractivity contribution in [1.82, 2.24) is 9.78 Å². The number of alkyl halides is 3. The van der Waals surface area contributed by atoms with Crippen LogP contribution >= 0.6 is 27.3 Å². The molecule has 0 aromatic carbocycles. The van der Waals surface area contributed by atoms with Crippen LogP contribution < -0.4 is 5.32 Å². The van der Waals surface area contributed by atoms with Crippen molar-refractivity contribution in [2.24, 2.45) is 7.05 Å². The zero-order chi connectivity index (χ0) is 22.8. The van der Waals surface area contributed by atoms with Crippen LogP contribution in [-0.4, -0.2) is 40.8 Å². The van der Waals surface area contributed by atoms with Crippen LogP contribution in [0.4, 0.5) is 18.2 Å². The first kappa shape index (κ1) is 23.9. The smallest absolute Gasteiger partial charge is 0.434 e. The standard InChI is InChI=1S/C17H17BrF3N3O5S/c1-5-28-15(26)8-7(3)11(16(27)29-6-2)30-14(8)22-13(25)10-9(18)12(17(19,20)21)24(4)23-10/h5-6H2,1-4H3,(H,22,25). The van der Waals surface area contributed by atoms with Gasteiger partial charge < -0.3 is 14.8 Å². The number of hydrogen-bond acceptors (Lipinski definition) is 7. The minimum Gasteiger partial charge on any atom is -0.462 e. The van der Waals surface area contributed by atoms with Gasteiger partial charge in [0.2, 0.25) is 0 Å². The van der Waals surface area contributed by atoms with E-state index in [1.54, 1.807) is 13.8 Å². The molecule has 0 aliphatic rings. The lowest BCUT2D eigenvalue weighted by molar-refractivity contribution is -0.144. The van der Waals surface area contributed by atoms with E-state index in [1.807, 2.05) is 0 Å². The fourth-order valence-corrected chi connectivity index (χ4v) is 4.38. The summed E-state index contributed by atoms with van der Waals surface area (Å²) in [7, 11) is 1.04. The lowest BCUT2D eigenvalue weighted by atomic mass is 10.1. The molecule has 0 saturated heterocycles. The first-order valence-corrected chi connectivity index (χ1v) is 10.1. The lowest BCUT2D eigenvalue weighted by Crippen LogP contribution is -2.16. The molecule has 2 rings (SSSR count). The Hall–Kier alpha value is -2.41. The largest absolute Gasteiger partial charge is 0.462 e. The summed E-state index contributed by atoms with van der Waals surface area (Å²) < 4.78 is 49.3. The first-order chi connectivity index (χ1) is 13.9. The number of ether oxygens (including phenoxy) is 2. The van der Waals surface area contributed by atoms with Crippen LogP contribution in [0.25, 0.3) is 0 Å². The van der Waals surface area contributed by atoms with E-state index < -0.39 is 39.9 Å². The number of nitrogens with zero attached hydrogens (tertiary/aromatic N) is 2. The molecule has 0 fully saturated rings. The number of carbonyl (C=O) groups excluding carboxylic acids is 3. The molecule has 30 heavy (non-hydrogen) atoms. The Morgan fingerprint density at radius 1 is 1.17 bits per heavy atom. The molecule has 13 heteroatoms. The summed E-state index contributed by atoms with van der Waals surface area (Å²) >= 11 is 3.52. The van der Waals surface area contributed by atoms with E-state index in [1.165, 1.54) is 6.92 Å². The SMILES string of the molecule is CCOC(=O)c1sc(NC(=O)c2nn(C)c(C(F)(F)F)c2Br)c(C(=O)OCC)c1C. The highest BCUT2D eigenvalue weighted by atomic mass is 79.9. The number of carbonyl (C=O) groups is 3. The number of amides is 1. The van der Waals surface area contributed by atoms with E-state index >= 15 is 0 Å². The zero-order valence-corrected chi connectivity index (χ0v) is 18.7. The van der Waals surface area contributed by atoms with E-state index in [9.17, 15) is 27.6 Å². The Morgan fingerprint density at radius 3 is 2.23 bits per heavy atom. The molecule has 0 bridgehead atoms. The second kappa shape index (κ2) is 9.16. The van der Waals surface area contributed by atoms with Gasteiger partial charge in [0.05, 0.1) is 23.2 Å². The number of rotatable bonds is 6. The van der Waals surface area contributed by atoms with Crippen molar-refractivity contribution in [3.05, 3.63) is 31.9 Å². The van der Waals surface area contributed by atoms with Crippen molar-refractivity contribution in [2.75, 3.05) is 18.5 Å². The topological polar surface area (TPSA) is 99.5 Å². The van der Waals surface area contributed by atoms with Crippen LogP contribution in [-0.2, 0) is 22.7 Å². The van der Waals surface area contributed by atoms with Crippen molar-refractivity contribution in [2.45, 2.75) is 26.9 Å². The molecule has 0 aliphatic carbocycles. The summed E-state index contributed by atoms with van der Waals surface area (Å²) in [5.41, 5.74) is -1.54. The Bertz CT molecular complexity index is 1000. The maximum Gasteiger partial charge on any atom is 0.434 e. The highest BCUT2D eigenvalue weighted by Crippen LogP contribution is 2.38. The molecular weight excluding hydrogens is 495 g/mol. The molecule has 2 heterocycles. The summed E-state index contributed by atoms with van der Waals surface area (Å²) in [6.45, 7) is 4.79. The van der Waals surface area contributed by atoms with Crippen LogP contribution in [0.5, 0.6) is 0 Å². The second-order valence-electron chi connectivity index (χ2n) is 5.79. The molecular formula is C17H17BrF3N3O5S. The first-order valence-electron chi connectivity index (χ1n) is 8.52. The number of esters is 2. The fourth-order valence-electron chi connectivity index (χ4n) is 2.56. The highest BCUT2D eigenvalue weighted by molar-refractivity contribution is 9.10. The van der Waals surface area contributed by atoms with Gasteiger partial charge in [-0.2, -0.15) is 18.3 Å². The number of aromatic nitrogens is 2. The van der Waals surface area contributed by atoms with Gasteiger partial charge in [0.15, 0.2) is 11.4 Å². The molecule has 1 amide bonds. The Kier molecular flexibility index (Phi) is 7.29. The van der Waals surface area contributed by atoms with Gasteiger partial charge in [0.25, 0.3) is 5.91 Å². The van der Waals surface area contributed by atoms with Gasteiger partial charge in [-0.1, -0.05) is 0 Å². The van der Waals surface area contributed by atoms with Crippen molar-refractivity contribution < 1.29 is 37.0 Å². The van der Waals surface area contributed by atoms with E-state index in [0.717, 1.165) is 18.4 Å². The van der Waals surface area contributed by atoms with Gasteiger partial charge >= 0.3 is 18.1 Å². The minimum absolute atomic E-state index is 0.0387. The van der Waals surface area contributed by atoms with Crippen molar-refractivity contribution in [1.29, 1.82) is 0 Å². The fraction of sp³-hybridized carbons (Fsp3) is 0.412. The quantitative estimate of drug-likeness (QED) is 0.584. The summed E-state index contributed by atoms with van der Waals surface area (Å²) in [5.74, 6) is -2.51. The predicted octanol–water partition coefficient (Wildman–Crippen LogP) is 4.18. The zero-order valence-electron chi connectivity index (χ0n) is 16.3. The molecule has 0 radical (unpaired) electrons. The Balaban J connectivity index is 2.49. The van der Waals surface area contributed by atoms with Crippen LogP contribution in [0, 0.1) is 6.92 Å². The van der Waals surface area contributed by atoms with Crippen LogP contribution in [0.3, 0.4) is 0 Å². The highest BCUT2D eigenvalue weighted by Gasteiger charge is 2.40. The summed E-state index contributed by atoms with van der Waals surface area (Å²) in [5, 5.41) is 5.90. The van der Waals surface area contributed by atoms with E-state index in [4.69, 9.17) is 9.47 Å². The monoisotopic (exact) mass is 511 g/mol. The number of thiophene rings is 1. The van der Waals surface area contributed by atoms with Crippen LogP contribution in [0.1, 0.15) is 55.6 Å². The van der Waals surface area contributed by atoms with Gasteiger partial charge in [-0.3, -0.25) is 9.48 Å². The maximum atomic E-state index is 13.2. The predicted molar refractivity (Wildman–Crippen MR) is 105 cm³/mol. The molecule has 0 aliphatic heterocycles. The second-order valence-corrected chi connectivity index (χ2v) is 7.60. The molecule has 1 N–H and O–H groups in total. The third kappa shape index (κ3) is 4.67. The number of anilines is 1. The molecule has 0 spiro atoms. The number of hydrogen-bond donors (Lipinski definition) is 1. The van der Waals surface area contributed by atoms with Crippen LogP contribution in [0.15, 0.2) is 4.47 Å². The molecule has 2 aromatic heterocycles. The van der Waals surface area contributed by atoms with Gasteiger partial charge in [0.1, 0.15) is 9.88 Å². The lowest BCUT2D eigenvalue weighted by Gasteiger charge is -2.07. The average Bonchev–Trinajstić information content (AvgIpc) is 3.11. The number of halogens is 4. The van der Waals surface area contributed by atoms with Gasteiger partial charge in [-0.05, 0) is 42.3 Å². The normalized spacial score (nSPS) is 11.3. The number of aryl methyl sites for hydroxylation is 1. The third-order valence-electron chi connectivity index (χ3n) is 3.79.